The molecule has 0 aromatic heterocycles. The quantitative estimate of drug-likeness (QED) is 0.684. The molecule has 0 radical (unpaired) electrons. The normalized spacial score (nSPS) is 12.2. The number of benzene rings is 2. The Morgan fingerprint density at radius 1 is 0.714 bits per heavy atom. The molecule has 2 N–H and O–H groups in total. The van der Waals surface area contributed by atoms with E-state index in [0.717, 1.165) is 17.3 Å². The number of rotatable bonds is 7. The zero-order valence-electron chi connectivity index (χ0n) is 13.3. The van der Waals surface area contributed by atoms with Crippen LogP contribution in [0.4, 0.5) is 17.1 Å². The van der Waals surface area contributed by atoms with E-state index in [1.807, 2.05) is 18.2 Å². The zero-order valence-corrected chi connectivity index (χ0v) is 13.3. The van der Waals surface area contributed by atoms with Gasteiger partial charge in [0.2, 0.25) is 0 Å². The second kappa shape index (κ2) is 7.72. The van der Waals surface area contributed by atoms with Gasteiger partial charge in [-0.2, -0.15) is 0 Å². The Hall–Kier alpha value is -1.96. The molecular formula is C19H26N2. The average molecular weight is 282 g/mol. The molecule has 0 aliphatic rings. The third kappa shape index (κ3) is 5.50. The lowest BCUT2D eigenvalue weighted by Gasteiger charge is -2.16. The molecule has 2 aromatic rings. The minimum atomic E-state index is 0.514. The molecule has 21 heavy (non-hydrogen) atoms. The third-order valence-electron chi connectivity index (χ3n) is 3.54. The highest BCUT2D eigenvalue weighted by atomic mass is 14.9. The molecule has 0 saturated heterocycles. The maximum absolute atomic E-state index is 3.56. The van der Waals surface area contributed by atoms with Gasteiger partial charge in [-0.1, -0.05) is 32.0 Å². The van der Waals surface area contributed by atoms with Crippen LogP contribution in [0.1, 0.15) is 33.6 Å². The molecular weight excluding hydrogens is 256 g/mol. The van der Waals surface area contributed by atoms with Crippen LogP contribution in [0.2, 0.25) is 0 Å². The molecule has 0 spiro atoms. The Morgan fingerprint density at radius 2 is 1.29 bits per heavy atom. The lowest BCUT2D eigenvalue weighted by atomic mass is 10.0. The average Bonchev–Trinajstić information content (AvgIpc) is 2.48. The largest absolute Gasteiger partial charge is 0.383 e. The Bertz CT molecular complexity index is 517. The van der Waals surface area contributed by atoms with Crippen molar-refractivity contribution >= 4 is 17.1 Å². The Balaban J connectivity index is 1.87. The summed E-state index contributed by atoms with van der Waals surface area (Å²) in [4.78, 5) is 0. The fourth-order valence-electron chi connectivity index (χ4n) is 2.28. The van der Waals surface area contributed by atoms with Crippen LogP contribution in [0, 0.1) is 5.92 Å². The van der Waals surface area contributed by atoms with Crippen LogP contribution in [0.3, 0.4) is 0 Å². The van der Waals surface area contributed by atoms with Crippen molar-refractivity contribution in [3.05, 3.63) is 54.6 Å². The maximum atomic E-state index is 3.56. The Labute approximate surface area is 128 Å². The van der Waals surface area contributed by atoms with Crippen LogP contribution in [0.15, 0.2) is 54.6 Å². The van der Waals surface area contributed by atoms with Gasteiger partial charge in [0.25, 0.3) is 0 Å². The topological polar surface area (TPSA) is 24.1 Å². The Morgan fingerprint density at radius 3 is 1.90 bits per heavy atom. The lowest BCUT2D eigenvalue weighted by Crippen LogP contribution is -2.15. The molecule has 0 amide bonds. The molecule has 0 saturated carbocycles. The molecule has 1 atom stereocenters. The number of anilines is 3. The van der Waals surface area contributed by atoms with Gasteiger partial charge in [0.15, 0.2) is 0 Å². The molecule has 0 fully saturated rings. The molecule has 0 aliphatic carbocycles. The summed E-state index contributed by atoms with van der Waals surface area (Å²) in [7, 11) is 0. The predicted octanol–water partition coefficient (Wildman–Crippen LogP) is 5.67. The molecule has 112 valence electrons. The lowest BCUT2D eigenvalue weighted by molar-refractivity contribution is 0.528. The van der Waals surface area contributed by atoms with Crippen molar-refractivity contribution in [3.8, 4) is 0 Å². The summed E-state index contributed by atoms with van der Waals surface area (Å²) < 4.78 is 0. The summed E-state index contributed by atoms with van der Waals surface area (Å²) in [5.74, 6) is 0.770. The second-order valence-corrected chi connectivity index (χ2v) is 6.08. The molecule has 0 unspecified atom stereocenters. The van der Waals surface area contributed by atoms with E-state index in [1.54, 1.807) is 0 Å². The summed E-state index contributed by atoms with van der Waals surface area (Å²) in [6.45, 7) is 6.80. The van der Waals surface area contributed by atoms with Crippen molar-refractivity contribution in [2.45, 2.75) is 39.7 Å². The van der Waals surface area contributed by atoms with Crippen molar-refractivity contribution in [1.82, 2.24) is 0 Å². The van der Waals surface area contributed by atoms with E-state index in [4.69, 9.17) is 0 Å². The van der Waals surface area contributed by atoms with E-state index < -0.39 is 0 Å². The van der Waals surface area contributed by atoms with Gasteiger partial charge in [-0.15, -0.1) is 0 Å². The fraction of sp³-hybridized carbons (Fsp3) is 0.368. The van der Waals surface area contributed by atoms with Gasteiger partial charge in [-0.05, 0) is 62.1 Å². The molecule has 2 heteroatoms. The summed E-state index contributed by atoms with van der Waals surface area (Å²) >= 11 is 0. The van der Waals surface area contributed by atoms with Crippen LogP contribution in [-0.4, -0.2) is 6.04 Å². The van der Waals surface area contributed by atoms with Crippen molar-refractivity contribution < 1.29 is 0 Å². The van der Waals surface area contributed by atoms with Crippen molar-refractivity contribution in [1.29, 1.82) is 0 Å². The van der Waals surface area contributed by atoms with Crippen LogP contribution < -0.4 is 10.6 Å². The third-order valence-corrected chi connectivity index (χ3v) is 3.54. The molecule has 0 aliphatic heterocycles. The van der Waals surface area contributed by atoms with E-state index >= 15 is 0 Å². The second-order valence-electron chi connectivity index (χ2n) is 6.08. The number of hydrogen-bond acceptors (Lipinski definition) is 2. The van der Waals surface area contributed by atoms with Crippen molar-refractivity contribution in [3.63, 3.8) is 0 Å². The number of para-hydroxylation sites is 1. The number of hydrogen-bond donors (Lipinski definition) is 2. The van der Waals surface area contributed by atoms with E-state index in [0.29, 0.717) is 6.04 Å². The molecule has 2 nitrogen and oxygen atoms in total. The highest BCUT2D eigenvalue weighted by molar-refractivity contribution is 5.62. The van der Waals surface area contributed by atoms with Crippen LogP contribution in [0.5, 0.6) is 0 Å². The minimum absolute atomic E-state index is 0.514. The van der Waals surface area contributed by atoms with Gasteiger partial charge in [0.05, 0.1) is 0 Å². The van der Waals surface area contributed by atoms with Crippen molar-refractivity contribution in [2.75, 3.05) is 10.6 Å². The van der Waals surface area contributed by atoms with Gasteiger partial charge in [-0.25, -0.2) is 0 Å². The van der Waals surface area contributed by atoms with E-state index in [1.165, 1.54) is 18.5 Å². The molecule has 2 aromatic carbocycles. The fourth-order valence-corrected chi connectivity index (χ4v) is 2.28. The minimum Gasteiger partial charge on any atom is -0.383 e. The van der Waals surface area contributed by atoms with Gasteiger partial charge in [0.1, 0.15) is 0 Å². The summed E-state index contributed by atoms with van der Waals surface area (Å²) in [5.41, 5.74) is 3.41. The zero-order chi connectivity index (χ0) is 15.1. The number of nitrogens with one attached hydrogen (secondary N) is 2. The van der Waals surface area contributed by atoms with Gasteiger partial charge in [0, 0.05) is 23.1 Å². The first-order valence-electron chi connectivity index (χ1n) is 7.82. The van der Waals surface area contributed by atoms with Gasteiger partial charge < -0.3 is 10.6 Å². The van der Waals surface area contributed by atoms with Crippen molar-refractivity contribution in [2.24, 2.45) is 5.92 Å². The van der Waals surface area contributed by atoms with E-state index in [-0.39, 0.29) is 0 Å². The molecule has 0 bridgehead atoms. The van der Waals surface area contributed by atoms with E-state index in [2.05, 4.69) is 67.8 Å². The summed E-state index contributed by atoms with van der Waals surface area (Å²) in [6, 6.07) is 19.3. The molecule has 0 heterocycles. The highest BCUT2D eigenvalue weighted by Gasteiger charge is 2.03. The maximum Gasteiger partial charge on any atom is 0.0385 e. The van der Waals surface area contributed by atoms with Crippen LogP contribution in [-0.2, 0) is 0 Å². The summed E-state index contributed by atoms with van der Waals surface area (Å²) in [6.07, 6.45) is 2.48. The first kappa shape index (κ1) is 15.4. The summed E-state index contributed by atoms with van der Waals surface area (Å²) in [5, 5.41) is 6.96. The van der Waals surface area contributed by atoms with Crippen LogP contribution >= 0.6 is 0 Å². The van der Waals surface area contributed by atoms with Gasteiger partial charge >= 0.3 is 0 Å². The first-order chi connectivity index (χ1) is 10.1. The first-order valence-corrected chi connectivity index (χ1v) is 7.82. The van der Waals surface area contributed by atoms with Gasteiger partial charge in [-0.3, -0.25) is 0 Å². The highest BCUT2D eigenvalue weighted by Crippen LogP contribution is 2.19. The SMILES string of the molecule is CC(C)CC[C@@H](C)Nc1ccc(Nc2ccccc2)cc1. The smallest absolute Gasteiger partial charge is 0.0385 e. The monoisotopic (exact) mass is 282 g/mol. The van der Waals surface area contributed by atoms with Crippen LogP contribution in [0.25, 0.3) is 0 Å². The predicted molar refractivity (Wildman–Crippen MR) is 93.3 cm³/mol. The molecule has 2 rings (SSSR count). The standard InChI is InChI=1S/C19H26N2/c1-15(2)9-10-16(3)20-18-11-13-19(14-12-18)21-17-7-5-4-6-8-17/h4-8,11-16,20-21H,9-10H2,1-3H3/t16-/m1/s1. The Kier molecular flexibility index (Phi) is 5.68. The van der Waals surface area contributed by atoms with E-state index in [9.17, 15) is 0 Å².